The maximum Gasteiger partial charge on any atom is -0.0809 e. The van der Waals surface area contributed by atoms with Crippen LogP contribution in [-0.2, 0) is 19.8 Å². The van der Waals surface area contributed by atoms with Gasteiger partial charge in [0.15, 0.2) is 0 Å². The summed E-state index contributed by atoms with van der Waals surface area (Å²) < 4.78 is 0. The van der Waals surface area contributed by atoms with Crippen LogP contribution >= 0.6 is 24.0 Å². The van der Waals surface area contributed by atoms with Crippen molar-refractivity contribution in [3.63, 3.8) is 0 Å². The Labute approximate surface area is 101 Å². The van der Waals surface area contributed by atoms with Crippen LogP contribution in [0.4, 0.5) is 0 Å². The molecule has 0 saturated carbocycles. The summed E-state index contributed by atoms with van der Waals surface area (Å²) in [7, 11) is 0. The smallest absolute Gasteiger partial charge is 0.0809 e. The Morgan fingerprint density at radius 2 is 1.85 bits per heavy atom. The maximum atomic E-state index is 8.51. The number of rotatable bonds is 0. The van der Waals surface area contributed by atoms with Crippen molar-refractivity contribution < 1.29 is 19.8 Å². The van der Waals surface area contributed by atoms with E-state index in [1.54, 1.807) is 0 Å². The molecule has 0 aliphatic carbocycles. The van der Waals surface area contributed by atoms with Gasteiger partial charge in [0.1, 0.15) is 0 Å². The summed E-state index contributed by atoms with van der Waals surface area (Å²) in [6, 6.07) is 14.7. The van der Waals surface area contributed by atoms with Crippen LogP contribution in [0.25, 0.3) is 10.8 Å². The van der Waals surface area contributed by atoms with E-state index in [1.807, 2.05) is 0 Å². The molecule has 0 saturated heterocycles. The third kappa shape index (κ3) is 3.90. The minimum Gasteiger partial charge on any atom is -0.168 e. The summed E-state index contributed by atoms with van der Waals surface area (Å²) in [4.78, 5) is 9.64. The molecule has 0 fully saturated rings. The van der Waals surface area contributed by atoms with Gasteiger partial charge in [-0.25, -0.2) is 0 Å². The first kappa shape index (κ1) is 12.6. The van der Waals surface area contributed by atoms with Crippen molar-refractivity contribution in [2.75, 3.05) is 0 Å². The SMILES string of the molecule is I.O=[C]=[Ni].c1ccc2[cH-]ccc2c1. The van der Waals surface area contributed by atoms with Crippen molar-refractivity contribution >= 4 is 39.6 Å². The zero-order valence-electron chi connectivity index (χ0n) is 6.67. The zero-order chi connectivity index (χ0) is 8.81. The Kier molecular flexibility index (Phi) is 6.88. The molecule has 0 radical (unpaired) electrons. The van der Waals surface area contributed by atoms with Crippen LogP contribution in [-0.4, -0.2) is 4.86 Å². The van der Waals surface area contributed by atoms with Crippen LogP contribution in [0.1, 0.15) is 0 Å². The molecule has 1 nitrogen and oxygen atoms in total. The minimum absolute atomic E-state index is 0. The topological polar surface area (TPSA) is 17.1 Å². The van der Waals surface area contributed by atoms with Crippen molar-refractivity contribution in [2.24, 2.45) is 0 Å². The van der Waals surface area contributed by atoms with E-state index in [0.29, 0.717) is 0 Å². The van der Waals surface area contributed by atoms with Crippen LogP contribution in [0, 0.1) is 0 Å². The molecule has 0 aromatic heterocycles. The van der Waals surface area contributed by atoms with Crippen LogP contribution in [0.3, 0.4) is 0 Å². The van der Waals surface area contributed by atoms with Crippen molar-refractivity contribution in [1.29, 1.82) is 0 Å². The fourth-order valence-electron chi connectivity index (χ4n) is 1.07. The molecule has 0 spiro atoms. The summed E-state index contributed by atoms with van der Waals surface area (Å²) in [5, 5.41) is 2.66. The summed E-state index contributed by atoms with van der Waals surface area (Å²) in [6.45, 7) is 0. The van der Waals surface area contributed by atoms with Gasteiger partial charge in [-0.3, -0.25) is 0 Å². The molecule has 0 aliphatic heterocycles. The van der Waals surface area contributed by atoms with E-state index in [0.717, 1.165) is 4.86 Å². The van der Waals surface area contributed by atoms with Crippen LogP contribution in [0.5, 0.6) is 0 Å². The first-order chi connectivity index (χ1) is 5.88. The molecular formula is C10H8INiO-. The molecule has 0 unspecified atom stereocenters. The molecule has 0 amide bonds. The number of hydrogen-bond donors (Lipinski definition) is 0. The van der Waals surface area contributed by atoms with E-state index in [2.05, 4.69) is 57.5 Å². The van der Waals surface area contributed by atoms with E-state index in [1.165, 1.54) is 10.8 Å². The average molecular weight is 330 g/mol. The Bertz CT molecular complexity index is 358. The predicted molar refractivity (Wildman–Crippen MR) is 60.6 cm³/mol. The van der Waals surface area contributed by atoms with Gasteiger partial charge in [-0.2, -0.15) is 17.5 Å². The molecular weight excluding hydrogens is 322 g/mol. The standard InChI is InChI=1S/C9H7.CO.HI.Ni/c1-2-5-9-7-3-6-8(9)4-1;1-2;;/h1-7H;;1H;/q-1;;;. The van der Waals surface area contributed by atoms with E-state index in [-0.39, 0.29) is 24.0 Å². The van der Waals surface area contributed by atoms with Crippen LogP contribution in [0.15, 0.2) is 42.5 Å². The molecule has 3 heteroatoms. The fourth-order valence-corrected chi connectivity index (χ4v) is 1.07. The van der Waals surface area contributed by atoms with Crippen molar-refractivity contribution in [3.05, 3.63) is 42.5 Å². The quantitative estimate of drug-likeness (QED) is 0.413. The molecule has 0 atom stereocenters. The Morgan fingerprint density at radius 1 is 1.23 bits per heavy atom. The number of fused-ring (bicyclic) bond motifs is 1. The van der Waals surface area contributed by atoms with E-state index in [4.69, 9.17) is 4.79 Å². The largest absolute Gasteiger partial charge is 0.168 e. The van der Waals surface area contributed by atoms with Gasteiger partial charge in [0.25, 0.3) is 0 Å². The summed E-state index contributed by atoms with van der Waals surface area (Å²) in [5.74, 6) is 0. The summed E-state index contributed by atoms with van der Waals surface area (Å²) in [6.07, 6.45) is 0. The third-order valence-electron chi connectivity index (χ3n) is 1.55. The molecule has 72 valence electrons. The second-order valence-corrected chi connectivity index (χ2v) is 2.42. The van der Waals surface area contributed by atoms with Crippen molar-refractivity contribution in [2.45, 2.75) is 0 Å². The summed E-state index contributed by atoms with van der Waals surface area (Å²) in [5.41, 5.74) is 0. The van der Waals surface area contributed by atoms with E-state index >= 15 is 0 Å². The van der Waals surface area contributed by atoms with Crippen molar-refractivity contribution in [1.82, 2.24) is 0 Å². The molecule has 13 heavy (non-hydrogen) atoms. The minimum atomic E-state index is 0. The van der Waals surface area contributed by atoms with Crippen LogP contribution in [0.2, 0.25) is 0 Å². The Morgan fingerprint density at radius 3 is 2.46 bits per heavy atom. The number of hydrogen-bond acceptors (Lipinski definition) is 1. The van der Waals surface area contributed by atoms with Crippen LogP contribution < -0.4 is 0 Å². The van der Waals surface area contributed by atoms with Crippen molar-refractivity contribution in [3.8, 4) is 0 Å². The van der Waals surface area contributed by atoms with Gasteiger partial charge in [0.05, 0.1) is 0 Å². The second kappa shape index (κ2) is 7.08. The molecule has 2 aromatic rings. The van der Waals surface area contributed by atoms with Gasteiger partial charge in [-0.05, 0) is 0 Å². The second-order valence-electron chi connectivity index (χ2n) is 2.22. The predicted octanol–water partition coefficient (Wildman–Crippen LogP) is 2.78. The number of carbonyl (C=O) groups excluding carboxylic acids is 1. The average Bonchev–Trinajstić information content (AvgIpc) is 2.52. The van der Waals surface area contributed by atoms with Gasteiger partial charge < -0.3 is 0 Å². The zero-order valence-corrected chi connectivity index (χ0v) is 9.99. The van der Waals surface area contributed by atoms with Gasteiger partial charge in [-0.15, -0.1) is 53.6 Å². The van der Waals surface area contributed by atoms with Gasteiger partial charge in [0, 0.05) is 0 Å². The summed E-state index contributed by atoms with van der Waals surface area (Å²) >= 11 is 3.36. The Hall–Kier alpha value is -0.366. The number of benzene rings is 1. The fraction of sp³-hybridized carbons (Fsp3) is 0. The van der Waals surface area contributed by atoms with E-state index in [9.17, 15) is 0 Å². The normalized spacial score (nSPS) is 7.85. The molecule has 0 N–H and O–H groups in total. The number of halogens is 1. The molecule has 0 aliphatic rings. The van der Waals surface area contributed by atoms with Gasteiger partial charge in [-0.1, -0.05) is 6.07 Å². The molecule has 2 aromatic carbocycles. The third-order valence-corrected chi connectivity index (χ3v) is 1.55. The van der Waals surface area contributed by atoms with Gasteiger partial charge in [0.2, 0.25) is 0 Å². The first-order valence-corrected chi connectivity index (χ1v) is 3.93. The molecule has 0 bridgehead atoms. The monoisotopic (exact) mass is 329 g/mol. The maximum absolute atomic E-state index is 8.51. The first-order valence-electron chi connectivity index (χ1n) is 3.43. The Balaban J connectivity index is 0.000000324. The van der Waals surface area contributed by atoms with Gasteiger partial charge >= 0.3 is 24.7 Å². The van der Waals surface area contributed by atoms with E-state index < -0.39 is 0 Å². The molecule has 2 rings (SSSR count). The molecule has 0 heterocycles.